The molecule has 0 aromatic carbocycles. The van der Waals surface area contributed by atoms with Crippen LogP contribution in [-0.2, 0) is 4.79 Å². The van der Waals surface area contributed by atoms with Gasteiger partial charge in [-0.3, -0.25) is 4.79 Å². The zero-order chi connectivity index (χ0) is 13.1. The number of hydrogen-bond acceptors (Lipinski definition) is 5. The maximum absolute atomic E-state index is 12.1. The average molecular weight is 280 g/mol. The molecule has 0 saturated heterocycles. The van der Waals surface area contributed by atoms with Crippen molar-refractivity contribution in [1.82, 2.24) is 20.2 Å². The minimum atomic E-state index is 0.295. The minimum absolute atomic E-state index is 0.295. The zero-order valence-electron chi connectivity index (χ0n) is 11.1. The van der Waals surface area contributed by atoms with E-state index in [1.165, 1.54) is 37.4 Å². The lowest BCUT2D eigenvalue weighted by Crippen LogP contribution is -2.14. The fraction of sp³-hybridized carbons (Fsp3) is 0.846. The first kappa shape index (κ1) is 13.1. The summed E-state index contributed by atoms with van der Waals surface area (Å²) in [5.74, 6) is 1.20. The van der Waals surface area contributed by atoms with Crippen LogP contribution in [0, 0.1) is 5.92 Å². The largest absolute Gasteiger partial charge is 0.298 e. The normalized spacial score (nSPS) is 21.3. The fourth-order valence-corrected chi connectivity index (χ4v) is 4.08. The summed E-state index contributed by atoms with van der Waals surface area (Å²) >= 11 is 1.51. The van der Waals surface area contributed by atoms with Gasteiger partial charge in [0.1, 0.15) is 5.78 Å². The van der Waals surface area contributed by atoms with Crippen molar-refractivity contribution in [3.05, 3.63) is 0 Å². The third-order valence-electron chi connectivity index (χ3n) is 4.29. The number of ketones is 1. The van der Waals surface area contributed by atoms with Crippen molar-refractivity contribution in [2.24, 2.45) is 5.92 Å². The van der Waals surface area contributed by atoms with Gasteiger partial charge in [0.25, 0.3) is 0 Å². The Balaban J connectivity index is 1.57. The highest BCUT2D eigenvalue weighted by atomic mass is 32.2. The van der Waals surface area contributed by atoms with Crippen LogP contribution in [0.2, 0.25) is 0 Å². The molecule has 19 heavy (non-hydrogen) atoms. The van der Waals surface area contributed by atoms with Gasteiger partial charge in [0, 0.05) is 5.92 Å². The number of tetrazole rings is 1. The quantitative estimate of drug-likeness (QED) is 0.776. The zero-order valence-corrected chi connectivity index (χ0v) is 11.9. The predicted molar refractivity (Wildman–Crippen MR) is 73.0 cm³/mol. The van der Waals surface area contributed by atoms with Crippen molar-refractivity contribution in [3.63, 3.8) is 0 Å². The van der Waals surface area contributed by atoms with E-state index in [9.17, 15) is 4.79 Å². The lowest BCUT2D eigenvalue weighted by molar-refractivity contribution is -0.120. The van der Waals surface area contributed by atoms with Gasteiger partial charge in [0.05, 0.1) is 11.8 Å². The van der Waals surface area contributed by atoms with Crippen LogP contribution in [0.5, 0.6) is 0 Å². The van der Waals surface area contributed by atoms with E-state index in [1.807, 2.05) is 4.68 Å². The molecule has 104 valence electrons. The standard InChI is InChI=1S/C13H20N4OS/c18-12(10-5-1-2-6-10)9-19-13-14-15-16-17(13)11-7-3-4-8-11/h10-11H,1-9H2. The Labute approximate surface area is 117 Å². The van der Waals surface area contributed by atoms with E-state index < -0.39 is 0 Å². The molecule has 2 aliphatic rings. The Bertz CT molecular complexity index is 436. The van der Waals surface area contributed by atoms with Crippen molar-refractivity contribution in [2.45, 2.75) is 62.6 Å². The van der Waals surface area contributed by atoms with Gasteiger partial charge in [0.15, 0.2) is 0 Å². The van der Waals surface area contributed by atoms with Crippen LogP contribution in [0.25, 0.3) is 0 Å². The first-order valence-corrected chi connectivity index (χ1v) is 8.26. The molecule has 5 nitrogen and oxygen atoms in total. The van der Waals surface area contributed by atoms with Crippen LogP contribution in [-0.4, -0.2) is 31.7 Å². The van der Waals surface area contributed by atoms with Gasteiger partial charge in [-0.15, -0.1) is 5.10 Å². The summed E-state index contributed by atoms with van der Waals surface area (Å²) in [4.78, 5) is 12.1. The molecule has 3 rings (SSSR count). The highest BCUT2D eigenvalue weighted by Crippen LogP contribution is 2.32. The van der Waals surface area contributed by atoms with Crippen molar-refractivity contribution < 1.29 is 4.79 Å². The Kier molecular flexibility index (Phi) is 4.15. The number of nitrogens with zero attached hydrogens (tertiary/aromatic N) is 4. The Hall–Kier alpha value is -0.910. The second-order valence-corrected chi connectivity index (χ2v) is 6.52. The number of rotatable bonds is 5. The van der Waals surface area contributed by atoms with Gasteiger partial charge in [-0.1, -0.05) is 37.4 Å². The summed E-state index contributed by atoms with van der Waals surface area (Å²) in [6.07, 6.45) is 9.41. The summed E-state index contributed by atoms with van der Waals surface area (Å²) in [6.45, 7) is 0. The minimum Gasteiger partial charge on any atom is -0.298 e. The topological polar surface area (TPSA) is 60.7 Å². The smallest absolute Gasteiger partial charge is 0.210 e. The van der Waals surface area contributed by atoms with Gasteiger partial charge in [-0.25, -0.2) is 4.68 Å². The molecule has 0 radical (unpaired) electrons. The number of hydrogen-bond donors (Lipinski definition) is 0. The van der Waals surface area contributed by atoms with Gasteiger partial charge >= 0.3 is 0 Å². The summed E-state index contributed by atoms with van der Waals surface area (Å²) < 4.78 is 1.93. The third-order valence-corrected chi connectivity index (χ3v) is 5.24. The molecule has 0 bridgehead atoms. The molecule has 2 saturated carbocycles. The maximum atomic E-state index is 12.1. The lowest BCUT2D eigenvalue weighted by atomic mass is 10.0. The molecule has 6 heteroatoms. The monoisotopic (exact) mass is 280 g/mol. The molecule has 0 aliphatic heterocycles. The number of thioether (sulfide) groups is 1. The van der Waals surface area contributed by atoms with Crippen LogP contribution >= 0.6 is 11.8 Å². The SMILES string of the molecule is O=C(CSc1nnnn1C1CCCC1)C1CCCC1. The van der Waals surface area contributed by atoms with Crippen LogP contribution in [0.4, 0.5) is 0 Å². The van der Waals surface area contributed by atoms with Crippen LogP contribution < -0.4 is 0 Å². The van der Waals surface area contributed by atoms with E-state index in [2.05, 4.69) is 15.5 Å². The highest BCUT2D eigenvalue weighted by molar-refractivity contribution is 7.99. The van der Waals surface area contributed by atoms with E-state index in [1.54, 1.807) is 0 Å². The molecule has 0 amide bonds. The molecule has 1 aromatic rings. The maximum Gasteiger partial charge on any atom is 0.210 e. The van der Waals surface area contributed by atoms with Crippen LogP contribution in [0.15, 0.2) is 5.16 Å². The summed E-state index contributed by atoms with van der Waals surface area (Å²) in [6, 6.07) is 0.444. The van der Waals surface area contributed by atoms with Crippen molar-refractivity contribution >= 4 is 17.5 Å². The van der Waals surface area contributed by atoms with Crippen LogP contribution in [0.3, 0.4) is 0 Å². The molecule has 2 aliphatic carbocycles. The Morgan fingerprint density at radius 3 is 2.58 bits per heavy atom. The molecular formula is C13H20N4OS. The summed E-state index contributed by atoms with van der Waals surface area (Å²) in [7, 11) is 0. The van der Waals surface area contributed by atoms with Gasteiger partial charge in [0.2, 0.25) is 5.16 Å². The van der Waals surface area contributed by atoms with Gasteiger partial charge in [-0.05, 0) is 36.1 Å². The molecule has 1 heterocycles. The molecule has 0 spiro atoms. The number of carbonyl (C=O) groups excluding carboxylic acids is 1. The number of aromatic nitrogens is 4. The summed E-state index contributed by atoms with van der Waals surface area (Å²) in [5.41, 5.74) is 0. The first-order valence-electron chi connectivity index (χ1n) is 7.28. The van der Waals surface area contributed by atoms with E-state index in [0.717, 1.165) is 30.8 Å². The van der Waals surface area contributed by atoms with E-state index in [0.29, 0.717) is 23.5 Å². The first-order chi connectivity index (χ1) is 9.34. The number of Topliss-reactive ketones (excluding diaryl/α,β-unsaturated/α-hetero) is 1. The Morgan fingerprint density at radius 2 is 1.84 bits per heavy atom. The van der Waals surface area contributed by atoms with Crippen LogP contribution in [0.1, 0.15) is 57.4 Å². The number of carbonyl (C=O) groups is 1. The highest BCUT2D eigenvalue weighted by Gasteiger charge is 2.25. The van der Waals surface area contributed by atoms with Crippen molar-refractivity contribution in [2.75, 3.05) is 5.75 Å². The third kappa shape index (κ3) is 2.99. The molecule has 2 fully saturated rings. The summed E-state index contributed by atoms with van der Waals surface area (Å²) in [5, 5.41) is 12.8. The molecule has 0 atom stereocenters. The Morgan fingerprint density at radius 1 is 1.16 bits per heavy atom. The lowest BCUT2D eigenvalue weighted by Gasteiger charge is -2.11. The average Bonchev–Trinajstić information content (AvgIpc) is 3.14. The van der Waals surface area contributed by atoms with Gasteiger partial charge in [-0.2, -0.15) is 0 Å². The predicted octanol–water partition coefficient (Wildman–Crippen LogP) is 2.64. The molecule has 0 unspecified atom stereocenters. The van der Waals surface area contributed by atoms with E-state index in [4.69, 9.17) is 0 Å². The van der Waals surface area contributed by atoms with Gasteiger partial charge < -0.3 is 0 Å². The second-order valence-electron chi connectivity index (χ2n) is 5.58. The fourth-order valence-electron chi connectivity index (χ4n) is 3.16. The van der Waals surface area contributed by atoms with Crippen molar-refractivity contribution in [3.8, 4) is 0 Å². The van der Waals surface area contributed by atoms with E-state index >= 15 is 0 Å². The van der Waals surface area contributed by atoms with E-state index in [-0.39, 0.29) is 0 Å². The second kappa shape index (κ2) is 6.03. The van der Waals surface area contributed by atoms with Crippen molar-refractivity contribution in [1.29, 1.82) is 0 Å². The molecule has 1 aromatic heterocycles. The molecular weight excluding hydrogens is 260 g/mol. The molecule has 0 N–H and O–H groups in total.